The third-order valence-electron chi connectivity index (χ3n) is 7.40. The van der Waals surface area contributed by atoms with Gasteiger partial charge in [-0.25, -0.2) is 19.7 Å². The number of rotatable bonds is 6. The highest BCUT2D eigenvalue weighted by atomic mass is 16.6. The average Bonchev–Trinajstić information content (AvgIpc) is 3.78. The first-order valence-electron chi connectivity index (χ1n) is 14.0. The van der Waals surface area contributed by atoms with Gasteiger partial charge in [-0.3, -0.25) is 9.48 Å². The largest absolute Gasteiger partial charge is 0.444 e. The number of aliphatic hydroxyl groups is 1. The van der Waals surface area contributed by atoms with Crippen LogP contribution in [0.3, 0.4) is 0 Å². The summed E-state index contributed by atoms with van der Waals surface area (Å²) in [7, 11) is 1.64. The lowest BCUT2D eigenvalue weighted by Crippen LogP contribution is -2.35. The first-order chi connectivity index (χ1) is 20.5. The Morgan fingerprint density at radius 1 is 1.14 bits per heavy atom. The molecule has 43 heavy (non-hydrogen) atoms. The maximum Gasteiger partial charge on any atom is 0.410 e. The van der Waals surface area contributed by atoms with Crippen molar-refractivity contribution >= 4 is 23.6 Å². The van der Waals surface area contributed by atoms with E-state index in [4.69, 9.17) is 9.26 Å². The average molecular weight is 588 g/mol. The van der Waals surface area contributed by atoms with Crippen molar-refractivity contribution in [3.63, 3.8) is 0 Å². The first-order valence-corrected chi connectivity index (χ1v) is 14.0. The predicted octanol–water partition coefficient (Wildman–Crippen LogP) is 3.37. The Hall–Kier alpha value is -4.85. The molecule has 2 aliphatic rings. The lowest BCUT2D eigenvalue weighted by Gasteiger charge is -2.24. The molecule has 4 aromatic rings. The number of likely N-dealkylation sites (tertiary alicyclic amines) is 2. The fourth-order valence-electron chi connectivity index (χ4n) is 5.14. The Morgan fingerprint density at radius 3 is 2.65 bits per heavy atom. The number of hydrogen-bond acceptors (Lipinski definition) is 11. The van der Waals surface area contributed by atoms with Crippen LogP contribution in [0.25, 0.3) is 22.8 Å². The fourth-order valence-corrected chi connectivity index (χ4v) is 5.14. The second-order valence-electron chi connectivity index (χ2n) is 11.8. The SMILES string of the molecule is CN1CC[C@@](O)(c2cc(-c3cccc(-c4ccnc(Nc5cnn(C6CCN(C(=O)OC(C)(C)C)C6)c5)n4)n3)no2)C1=O. The Labute approximate surface area is 247 Å². The van der Waals surface area contributed by atoms with Crippen LogP contribution in [0.5, 0.6) is 0 Å². The summed E-state index contributed by atoms with van der Waals surface area (Å²) in [5, 5.41) is 22.6. The molecule has 2 N–H and O–H groups in total. The summed E-state index contributed by atoms with van der Waals surface area (Å²) >= 11 is 0. The molecule has 0 radical (unpaired) electrons. The monoisotopic (exact) mass is 587 g/mol. The van der Waals surface area contributed by atoms with Crippen molar-refractivity contribution in [2.45, 2.75) is 50.9 Å². The number of carbonyl (C=O) groups is 2. The summed E-state index contributed by atoms with van der Waals surface area (Å²) in [6.07, 6.45) is 5.86. The summed E-state index contributed by atoms with van der Waals surface area (Å²) in [4.78, 5) is 41.7. The number of amides is 2. The van der Waals surface area contributed by atoms with Gasteiger partial charge in [-0.05, 0) is 45.4 Å². The Balaban J connectivity index is 1.14. The van der Waals surface area contributed by atoms with Gasteiger partial charge in [-0.2, -0.15) is 5.10 Å². The van der Waals surface area contributed by atoms with Crippen molar-refractivity contribution in [3.05, 3.63) is 54.7 Å². The van der Waals surface area contributed by atoms with Gasteiger partial charge in [0, 0.05) is 51.6 Å². The van der Waals surface area contributed by atoms with E-state index < -0.39 is 17.1 Å². The van der Waals surface area contributed by atoms with Gasteiger partial charge < -0.3 is 29.5 Å². The van der Waals surface area contributed by atoms with E-state index in [0.717, 1.165) is 6.42 Å². The van der Waals surface area contributed by atoms with Gasteiger partial charge in [0.2, 0.25) is 11.5 Å². The van der Waals surface area contributed by atoms with E-state index in [2.05, 4.69) is 30.5 Å². The summed E-state index contributed by atoms with van der Waals surface area (Å²) < 4.78 is 12.7. The van der Waals surface area contributed by atoms with Gasteiger partial charge in [-0.1, -0.05) is 11.2 Å². The zero-order valence-electron chi connectivity index (χ0n) is 24.4. The van der Waals surface area contributed by atoms with Crippen molar-refractivity contribution in [1.82, 2.24) is 39.7 Å². The molecule has 0 saturated carbocycles. The standard InChI is InChI=1S/C29H33N9O5/c1-28(2,3)42-27(40)37-12-9-19(17-37)38-16-18(15-31-38)32-26-30-11-8-22(34-26)20-6-5-7-21(33-20)23-14-24(43-35-23)29(41)10-13-36(4)25(29)39/h5-8,11,14-16,19,41H,9-10,12-13,17H2,1-4H3,(H,30,32,34)/t19?,29-/m1/s1. The highest BCUT2D eigenvalue weighted by molar-refractivity contribution is 5.87. The molecular weight excluding hydrogens is 554 g/mol. The van der Waals surface area contributed by atoms with E-state index >= 15 is 0 Å². The van der Waals surface area contributed by atoms with Gasteiger partial charge in [0.05, 0.1) is 35.0 Å². The molecule has 2 amide bonds. The number of likely N-dealkylation sites (N-methyl/N-ethyl adjacent to an activating group) is 1. The third-order valence-corrected chi connectivity index (χ3v) is 7.40. The van der Waals surface area contributed by atoms with Gasteiger partial charge >= 0.3 is 6.09 Å². The third kappa shape index (κ3) is 5.78. The van der Waals surface area contributed by atoms with Crippen LogP contribution in [0.2, 0.25) is 0 Å². The van der Waals surface area contributed by atoms with Crippen LogP contribution in [-0.4, -0.2) is 89.1 Å². The van der Waals surface area contributed by atoms with Crippen LogP contribution >= 0.6 is 0 Å². The van der Waals surface area contributed by atoms with E-state index in [9.17, 15) is 14.7 Å². The van der Waals surface area contributed by atoms with E-state index in [1.165, 1.54) is 4.90 Å². The molecule has 6 heterocycles. The minimum atomic E-state index is -1.73. The molecule has 0 aliphatic carbocycles. The molecule has 224 valence electrons. The number of anilines is 2. The lowest BCUT2D eigenvalue weighted by molar-refractivity contribution is -0.144. The number of carbonyl (C=O) groups excluding carboxylic acids is 2. The van der Waals surface area contributed by atoms with Crippen molar-refractivity contribution in [3.8, 4) is 22.8 Å². The van der Waals surface area contributed by atoms with E-state index in [1.807, 2.05) is 43.8 Å². The maximum atomic E-state index is 12.5. The van der Waals surface area contributed by atoms with Crippen LogP contribution in [0.4, 0.5) is 16.4 Å². The fraction of sp³-hybridized carbons (Fsp3) is 0.414. The van der Waals surface area contributed by atoms with Crippen molar-refractivity contribution in [2.24, 2.45) is 0 Å². The number of nitrogens with zero attached hydrogens (tertiary/aromatic N) is 8. The minimum Gasteiger partial charge on any atom is -0.444 e. The Kier molecular flexibility index (Phi) is 7.08. The van der Waals surface area contributed by atoms with Gasteiger partial charge in [0.15, 0.2) is 5.76 Å². The summed E-state index contributed by atoms with van der Waals surface area (Å²) in [6.45, 7) is 7.11. The van der Waals surface area contributed by atoms with E-state index in [0.29, 0.717) is 54.0 Å². The Morgan fingerprint density at radius 2 is 1.91 bits per heavy atom. The molecule has 1 unspecified atom stereocenters. The molecule has 2 saturated heterocycles. The van der Waals surface area contributed by atoms with Crippen molar-refractivity contribution < 1.29 is 24.0 Å². The smallest absolute Gasteiger partial charge is 0.410 e. The quantitative estimate of drug-likeness (QED) is 0.340. The molecule has 4 aromatic heterocycles. The topological polar surface area (TPSA) is 165 Å². The van der Waals surface area contributed by atoms with Gasteiger partial charge in [0.1, 0.15) is 11.3 Å². The zero-order valence-corrected chi connectivity index (χ0v) is 24.4. The molecule has 2 aliphatic heterocycles. The number of pyridine rings is 1. The predicted molar refractivity (Wildman–Crippen MR) is 154 cm³/mol. The summed E-state index contributed by atoms with van der Waals surface area (Å²) in [5.41, 5.74) is 0.479. The lowest BCUT2D eigenvalue weighted by atomic mass is 9.98. The molecule has 0 spiro atoms. The molecule has 2 atom stereocenters. The van der Waals surface area contributed by atoms with Crippen LogP contribution in [-0.2, 0) is 15.1 Å². The van der Waals surface area contributed by atoms with Crippen LogP contribution in [0.1, 0.15) is 45.4 Å². The summed E-state index contributed by atoms with van der Waals surface area (Å²) in [6, 6.07) is 8.72. The van der Waals surface area contributed by atoms with Crippen molar-refractivity contribution in [2.75, 3.05) is 32.0 Å². The maximum absolute atomic E-state index is 12.5. The van der Waals surface area contributed by atoms with Gasteiger partial charge in [0.25, 0.3) is 5.91 Å². The second-order valence-corrected chi connectivity index (χ2v) is 11.8. The summed E-state index contributed by atoms with van der Waals surface area (Å²) in [5.74, 6) is 0.0311. The zero-order chi connectivity index (χ0) is 30.4. The number of ether oxygens (including phenoxy) is 1. The van der Waals surface area contributed by atoms with Crippen LogP contribution < -0.4 is 5.32 Å². The molecule has 14 heteroatoms. The number of nitrogens with one attached hydrogen (secondary N) is 1. The second kappa shape index (κ2) is 10.8. The van der Waals surface area contributed by atoms with Gasteiger partial charge in [-0.15, -0.1) is 0 Å². The number of aromatic nitrogens is 6. The van der Waals surface area contributed by atoms with E-state index in [1.54, 1.807) is 42.5 Å². The van der Waals surface area contributed by atoms with Crippen molar-refractivity contribution in [1.29, 1.82) is 0 Å². The molecule has 14 nitrogen and oxygen atoms in total. The highest BCUT2D eigenvalue weighted by Crippen LogP contribution is 2.34. The molecule has 0 bridgehead atoms. The minimum absolute atomic E-state index is 0.0349. The first kappa shape index (κ1) is 28.3. The normalized spacial score (nSPS) is 20.6. The molecule has 0 aromatic carbocycles. The molecule has 6 rings (SSSR count). The molecule has 2 fully saturated rings. The van der Waals surface area contributed by atoms with E-state index in [-0.39, 0.29) is 24.3 Å². The van der Waals surface area contributed by atoms with Crippen LogP contribution in [0.15, 0.2) is 53.4 Å². The highest BCUT2D eigenvalue weighted by Gasteiger charge is 2.48. The van der Waals surface area contributed by atoms with Crippen LogP contribution in [0, 0.1) is 0 Å². The Bertz CT molecular complexity index is 1660. The number of hydrogen-bond donors (Lipinski definition) is 2. The molecular formula is C29H33N9O5.